The van der Waals surface area contributed by atoms with Crippen molar-refractivity contribution in [1.82, 2.24) is 10.6 Å². The predicted octanol–water partition coefficient (Wildman–Crippen LogP) is 2.49. The van der Waals surface area contributed by atoms with Gasteiger partial charge >= 0.3 is 0 Å². The van der Waals surface area contributed by atoms with E-state index in [1.54, 1.807) is 24.3 Å². The number of hydrogen-bond donors (Lipinski definition) is 6. The van der Waals surface area contributed by atoms with Crippen LogP contribution < -0.4 is 21.7 Å². The first-order valence-electron chi connectivity index (χ1n) is 10.5. The monoisotopic (exact) mass is 462 g/mol. The maximum Gasteiger partial charge on any atom is 0.256 e. The van der Waals surface area contributed by atoms with Crippen LogP contribution in [0.2, 0.25) is 0 Å². The molecule has 2 aromatic heterocycles. The molecule has 0 radical (unpaired) electrons. The molecule has 0 aliphatic carbocycles. The number of carbonyl (C=O) groups is 2. The Labute approximate surface area is 192 Å². The molecule has 0 spiro atoms. The molecule has 0 fully saturated rings. The molecule has 0 atom stereocenters. The van der Waals surface area contributed by atoms with Crippen LogP contribution in [0, 0.1) is 10.8 Å². The Kier molecular flexibility index (Phi) is 6.30. The maximum absolute atomic E-state index is 12.4. The minimum atomic E-state index is -0.470. The summed E-state index contributed by atoms with van der Waals surface area (Å²) >= 11 is 0. The van der Waals surface area contributed by atoms with E-state index in [4.69, 9.17) is 19.7 Å². The second-order valence-corrected chi connectivity index (χ2v) is 7.59. The predicted molar refractivity (Wildman–Crippen MR) is 121 cm³/mol. The molecule has 2 heterocycles. The van der Waals surface area contributed by atoms with Crippen molar-refractivity contribution in [3.8, 4) is 11.5 Å². The standard InChI is InChI=1S/C24H22N4O6/c25-21-15(11-13-5-3-7-17(29)19(13)33-21)23(31)27-9-1-2-10-28-24(32)16-12-14-6-4-8-18(30)20(14)34-22(16)26/h3-8,11-12,25-26,29-30H,1-2,9-10H2,(H,27,31)(H,28,32). The first-order valence-corrected chi connectivity index (χ1v) is 10.5. The number of benzene rings is 2. The molecule has 0 unspecified atom stereocenters. The van der Waals surface area contributed by atoms with Crippen molar-refractivity contribution < 1.29 is 28.6 Å². The summed E-state index contributed by atoms with van der Waals surface area (Å²) in [7, 11) is 0. The van der Waals surface area contributed by atoms with Gasteiger partial charge in [-0.1, -0.05) is 24.3 Å². The molecule has 4 aromatic rings. The van der Waals surface area contributed by atoms with Crippen molar-refractivity contribution in [1.29, 1.82) is 10.8 Å². The average Bonchev–Trinajstić information content (AvgIpc) is 2.81. The highest BCUT2D eigenvalue weighted by atomic mass is 16.4. The van der Waals surface area contributed by atoms with Crippen molar-refractivity contribution in [3.63, 3.8) is 0 Å². The van der Waals surface area contributed by atoms with Crippen molar-refractivity contribution in [2.24, 2.45) is 0 Å². The number of phenolic OH excluding ortho intramolecular Hbond substituents is 2. The van der Waals surface area contributed by atoms with Gasteiger partial charge in [0.1, 0.15) is 11.1 Å². The van der Waals surface area contributed by atoms with Gasteiger partial charge in [0.25, 0.3) is 11.8 Å². The molecular weight excluding hydrogens is 440 g/mol. The highest BCUT2D eigenvalue weighted by molar-refractivity contribution is 5.98. The van der Waals surface area contributed by atoms with Crippen LogP contribution in [0.1, 0.15) is 33.6 Å². The lowest BCUT2D eigenvalue weighted by Gasteiger charge is -2.08. The summed E-state index contributed by atoms with van der Waals surface area (Å²) in [6, 6.07) is 12.4. The van der Waals surface area contributed by atoms with Crippen LogP contribution in [0.5, 0.6) is 11.5 Å². The molecule has 0 saturated carbocycles. The number of hydrogen-bond acceptors (Lipinski definition) is 8. The van der Waals surface area contributed by atoms with E-state index in [1.807, 2.05) is 0 Å². The van der Waals surface area contributed by atoms with Crippen molar-refractivity contribution >= 4 is 33.8 Å². The van der Waals surface area contributed by atoms with E-state index in [0.717, 1.165) is 0 Å². The highest BCUT2D eigenvalue weighted by Crippen LogP contribution is 2.24. The number of aromatic hydroxyl groups is 2. The van der Waals surface area contributed by atoms with Crippen LogP contribution in [-0.2, 0) is 0 Å². The topological polar surface area (TPSA) is 173 Å². The molecule has 6 N–H and O–H groups in total. The van der Waals surface area contributed by atoms with E-state index in [0.29, 0.717) is 36.7 Å². The first kappa shape index (κ1) is 22.6. The van der Waals surface area contributed by atoms with Crippen LogP contribution >= 0.6 is 0 Å². The number of amides is 2. The van der Waals surface area contributed by atoms with Gasteiger partial charge in [0.05, 0.1) is 0 Å². The van der Waals surface area contributed by atoms with Gasteiger partial charge in [0.15, 0.2) is 22.7 Å². The van der Waals surface area contributed by atoms with Gasteiger partial charge in [0, 0.05) is 23.9 Å². The molecule has 174 valence electrons. The summed E-state index contributed by atoms with van der Waals surface area (Å²) in [5, 5.41) is 41.9. The van der Waals surface area contributed by atoms with Gasteiger partial charge in [-0.2, -0.15) is 0 Å². The van der Waals surface area contributed by atoms with Gasteiger partial charge in [0.2, 0.25) is 11.1 Å². The minimum absolute atomic E-state index is 0.0560. The molecule has 10 heteroatoms. The molecule has 2 aromatic carbocycles. The summed E-state index contributed by atoms with van der Waals surface area (Å²) in [6.07, 6.45) is 1.13. The lowest BCUT2D eigenvalue weighted by Crippen LogP contribution is -2.31. The Hall–Kier alpha value is -4.60. The Morgan fingerprint density at radius 3 is 1.56 bits per heavy atom. The number of unbranched alkanes of at least 4 members (excludes halogenated alkanes) is 1. The van der Waals surface area contributed by atoms with Crippen molar-refractivity contribution in [3.05, 3.63) is 70.8 Å². The summed E-state index contributed by atoms with van der Waals surface area (Å²) in [5.41, 5.74) is -0.294. The first-order chi connectivity index (χ1) is 16.3. The van der Waals surface area contributed by atoms with Crippen molar-refractivity contribution in [2.75, 3.05) is 13.1 Å². The third-order valence-corrected chi connectivity index (χ3v) is 5.21. The van der Waals surface area contributed by atoms with Crippen LogP contribution in [0.25, 0.3) is 21.9 Å². The summed E-state index contributed by atoms with van der Waals surface area (Å²) in [6.45, 7) is 0.640. The van der Waals surface area contributed by atoms with E-state index in [9.17, 15) is 19.8 Å². The Balaban J connectivity index is 1.28. The molecule has 4 rings (SSSR count). The fourth-order valence-corrected chi connectivity index (χ4v) is 3.47. The van der Waals surface area contributed by atoms with Gasteiger partial charge in [-0.15, -0.1) is 0 Å². The van der Waals surface area contributed by atoms with Crippen LogP contribution in [0.15, 0.2) is 57.4 Å². The minimum Gasteiger partial charge on any atom is -0.504 e. The fraction of sp³-hybridized carbons (Fsp3) is 0.167. The van der Waals surface area contributed by atoms with Gasteiger partial charge < -0.3 is 29.7 Å². The molecule has 10 nitrogen and oxygen atoms in total. The van der Waals surface area contributed by atoms with Gasteiger partial charge in [-0.05, 0) is 37.1 Å². The second-order valence-electron chi connectivity index (χ2n) is 7.59. The number of carbonyl (C=O) groups excluding carboxylic acids is 2. The molecule has 0 bridgehead atoms. The van der Waals surface area contributed by atoms with Crippen LogP contribution in [0.3, 0.4) is 0 Å². The molecule has 2 amide bonds. The van der Waals surface area contributed by atoms with Crippen LogP contribution in [-0.4, -0.2) is 35.1 Å². The normalized spacial score (nSPS) is 10.9. The molecular formula is C24H22N4O6. The number of nitrogens with one attached hydrogen (secondary N) is 4. The van der Waals surface area contributed by atoms with Gasteiger partial charge in [-0.3, -0.25) is 20.4 Å². The zero-order valence-electron chi connectivity index (χ0n) is 18.0. The largest absolute Gasteiger partial charge is 0.504 e. The number of fused-ring (bicyclic) bond motifs is 2. The Bertz CT molecular complexity index is 1410. The lowest BCUT2D eigenvalue weighted by atomic mass is 10.1. The van der Waals surface area contributed by atoms with E-state index in [2.05, 4.69) is 10.6 Å². The van der Waals surface area contributed by atoms with E-state index < -0.39 is 11.8 Å². The molecule has 0 saturated heterocycles. The SMILES string of the molecule is N=c1oc2c(O)cccc2cc1C(=O)NCCCCNC(=O)c1cc2cccc(O)c2oc1=N. The highest BCUT2D eigenvalue weighted by Gasteiger charge is 2.14. The quantitative estimate of drug-likeness (QED) is 0.230. The fourth-order valence-electron chi connectivity index (χ4n) is 3.47. The average molecular weight is 462 g/mol. The molecule has 0 aliphatic heterocycles. The second kappa shape index (κ2) is 9.49. The number of para-hydroxylation sites is 2. The summed E-state index contributed by atoms with van der Waals surface area (Å²) < 4.78 is 10.5. The molecule has 0 aliphatic rings. The Morgan fingerprint density at radius 1 is 0.735 bits per heavy atom. The smallest absolute Gasteiger partial charge is 0.256 e. The zero-order valence-corrected chi connectivity index (χ0v) is 18.0. The molecule has 34 heavy (non-hydrogen) atoms. The maximum atomic E-state index is 12.4. The van der Waals surface area contributed by atoms with E-state index >= 15 is 0 Å². The number of rotatable bonds is 7. The summed E-state index contributed by atoms with van der Waals surface area (Å²) in [4.78, 5) is 24.8. The van der Waals surface area contributed by atoms with Crippen molar-refractivity contribution in [2.45, 2.75) is 12.8 Å². The van der Waals surface area contributed by atoms with E-state index in [-0.39, 0.29) is 44.9 Å². The van der Waals surface area contributed by atoms with E-state index in [1.165, 1.54) is 24.3 Å². The van der Waals surface area contributed by atoms with Gasteiger partial charge in [-0.25, -0.2) is 0 Å². The third-order valence-electron chi connectivity index (χ3n) is 5.21. The summed E-state index contributed by atoms with van der Waals surface area (Å²) in [5.74, 6) is -1.15. The third kappa shape index (κ3) is 4.60. The Morgan fingerprint density at radius 2 is 1.15 bits per heavy atom. The number of phenols is 2. The zero-order chi connectivity index (χ0) is 24.2. The van der Waals surface area contributed by atoms with Crippen LogP contribution in [0.4, 0.5) is 0 Å². The lowest BCUT2D eigenvalue weighted by molar-refractivity contribution is 0.0935.